The molecule has 1 fully saturated rings. The minimum atomic E-state index is 0.241. The zero-order valence-electron chi connectivity index (χ0n) is 12.7. The summed E-state index contributed by atoms with van der Waals surface area (Å²) in [4.78, 5) is 11.0. The summed E-state index contributed by atoms with van der Waals surface area (Å²) in [6, 6.07) is 10.1. The van der Waals surface area contributed by atoms with Gasteiger partial charge in [-0.05, 0) is 30.2 Å². The van der Waals surface area contributed by atoms with Gasteiger partial charge in [-0.25, -0.2) is 4.98 Å². The maximum absolute atomic E-state index is 5.95. The number of benzene rings is 1. The van der Waals surface area contributed by atoms with Gasteiger partial charge in [-0.2, -0.15) is 4.98 Å². The average Bonchev–Trinajstić information content (AvgIpc) is 3.00. The number of nitrogens with one attached hydrogen (secondary N) is 1. The molecule has 0 saturated carbocycles. The number of hydrogen-bond acceptors (Lipinski definition) is 6. The Labute approximate surface area is 130 Å². The first-order valence-corrected chi connectivity index (χ1v) is 7.45. The first-order chi connectivity index (χ1) is 10.7. The first-order valence-electron chi connectivity index (χ1n) is 7.45. The molecule has 3 rings (SSSR count). The Bertz CT molecular complexity index is 616. The van der Waals surface area contributed by atoms with E-state index in [9.17, 15) is 0 Å². The molecule has 1 aromatic heterocycles. The molecule has 1 saturated heterocycles. The maximum atomic E-state index is 5.95. The van der Waals surface area contributed by atoms with E-state index in [1.807, 2.05) is 30.3 Å². The van der Waals surface area contributed by atoms with Gasteiger partial charge in [0.15, 0.2) is 0 Å². The van der Waals surface area contributed by atoms with E-state index in [1.54, 1.807) is 13.3 Å². The van der Waals surface area contributed by atoms with E-state index in [0.29, 0.717) is 12.5 Å². The van der Waals surface area contributed by atoms with Gasteiger partial charge in [0.1, 0.15) is 11.6 Å². The van der Waals surface area contributed by atoms with Crippen molar-refractivity contribution in [2.75, 3.05) is 30.4 Å². The Balaban J connectivity index is 1.62. The smallest absolute Gasteiger partial charge is 0.224 e. The number of nitrogens with two attached hydrogens (primary N) is 1. The Morgan fingerprint density at radius 2 is 2.14 bits per heavy atom. The number of rotatable bonds is 5. The molecule has 0 spiro atoms. The molecular formula is C16H21N5O. The lowest BCUT2D eigenvalue weighted by atomic mass is 10.2. The molecule has 0 bridgehead atoms. The largest absolute Gasteiger partial charge is 0.497 e. The Hall–Kier alpha value is -2.34. The van der Waals surface area contributed by atoms with Crippen LogP contribution in [-0.2, 0) is 6.54 Å². The van der Waals surface area contributed by atoms with Gasteiger partial charge in [-0.15, -0.1) is 0 Å². The number of aromatic nitrogens is 2. The number of methoxy groups -OCH3 is 1. The fourth-order valence-electron chi connectivity index (χ4n) is 2.53. The van der Waals surface area contributed by atoms with E-state index in [2.05, 4.69) is 20.2 Å². The lowest BCUT2D eigenvalue weighted by molar-refractivity contribution is 0.414. The molecular weight excluding hydrogens is 278 g/mol. The zero-order chi connectivity index (χ0) is 15.4. The molecule has 6 nitrogen and oxygen atoms in total. The van der Waals surface area contributed by atoms with Crippen LogP contribution in [0.5, 0.6) is 5.75 Å². The third-order valence-electron chi connectivity index (χ3n) is 3.80. The number of ether oxygens (including phenoxy) is 1. The third-order valence-corrected chi connectivity index (χ3v) is 3.80. The van der Waals surface area contributed by atoms with Gasteiger partial charge >= 0.3 is 0 Å². The highest BCUT2D eigenvalue weighted by Gasteiger charge is 2.20. The van der Waals surface area contributed by atoms with E-state index < -0.39 is 0 Å². The van der Waals surface area contributed by atoms with Crippen molar-refractivity contribution in [3.8, 4) is 5.75 Å². The topological polar surface area (TPSA) is 76.3 Å². The number of anilines is 2. The molecule has 1 aromatic carbocycles. The van der Waals surface area contributed by atoms with Crippen molar-refractivity contribution in [2.24, 2.45) is 5.73 Å². The molecule has 1 aliphatic rings. The lowest BCUT2D eigenvalue weighted by Gasteiger charge is -2.17. The molecule has 2 heterocycles. The summed E-state index contributed by atoms with van der Waals surface area (Å²) in [5.41, 5.74) is 7.10. The molecule has 6 heteroatoms. The minimum absolute atomic E-state index is 0.241. The normalized spacial score (nSPS) is 17.5. The van der Waals surface area contributed by atoms with Crippen LogP contribution in [0.4, 0.5) is 11.8 Å². The molecule has 1 aliphatic heterocycles. The van der Waals surface area contributed by atoms with Crippen molar-refractivity contribution in [1.29, 1.82) is 0 Å². The molecule has 0 aliphatic carbocycles. The monoisotopic (exact) mass is 299 g/mol. The van der Waals surface area contributed by atoms with Crippen molar-refractivity contribution >= 4 is 11.8 Å². The summed E-state index contributed by atoms with van der Waals surface area (Å²) in [7, 11) is 1.66. The summed E-state index contributed by atoms with van der Waals surface area (Å²) in [6.45, 7) is 2.48. The van der Waals surface area contributed by atoms with E-state index in [0.717, 1.165) is 36.6 Å². The molecule has 0 amide bonds. The van der Waals surface area contributed by atoms with Crippen molar-refractivity contribution in [3.63, 3.8) is 0 Å². The van der Waals surface area contributed by atoms with Crippen molar-refractivity contribution in [3.05, 3.63) is 42.1 Å². The third kappa shape index (κ3) is 3.46. The van der Waals surface area contributed by atoms with Gasteiger partial charge < -0.3 is 20.7 Å². The maximum Gasteiger partial charge on any atom is 0.224 e. The molecule has 1 atom stereocenters. The molecule has 2 aromatic rings. The second-order valence-corrected chi connectivity index (χ2v) is 5.43. The van der Waals surface area contributed by atoms with Crippen LogP contribution in [-0.4, -0.2) is 36.2 Å². The second kappa shape index (κ2) is 6.62. The Morgan fingerprint density at radius 1 is 1.32 bits per heavy atom. The standard InChI is InChI=1S/C16H21N5O/c1-22-14-4-2-12(3-5-14)10-19-16-18-8-6-15(20-16)21-9-7-13(17)11-21/h2-6,8,13H,7,9-11,17H2,1H3,(H,18,19,20)/t13-/m1/s1. The molecule has 0 radical (unpaired) electrons. The Morgan fingerprint density at radius 3 is 2.82 bits per heavy atom. The molecule has 116 valence electrons. The number of nitrogens with zero attached hydrogens (tertiary/aromatic N) is 3. The molecule has 22 heavy (non-hydrogen) atoms. The molecule has 0 unspecified atom stereocenters. The van der Waals surface area contributed by atoms with Crippen LogP contribution in [0, 0.1) is 0 Å². The summed E-state index contributed by atoms with van der Waals surface area (Å²) in [5.74, 6) is 2.42. The van der Waals surface area contributed by atoms with Crippen molar-refractivity contribution < 1.29 is 4.74 Å². The van der Waals surface area contributed by atoms with Gasteiger partial charge in [-0.1, -0.05) is 12.1 Å². The predicted octanol–water partition coefficient (Wildman–Crippen LogP) is 1.63. The summed E-state index contributed by atoms with van der Waals surface area (Å²) in [6.07, 6.45) is 2.79. The van der Waals surface area contributed by atoms with Gasteiger partial charge in [0.25, 0.3) is 0 Å². The average molecular weight is 299 g/mol. The Kier molecular flexibility index (Phi) is 4.39. The van der Waals surface area contributed by atoms with Crippen LogP contribution in [0.3, 0.4) is 0 Å². The van der Waals surface area contributed by atoms with Crippen LogP contribution < -0.4 is 20.7 Å². The van der Waals surface area contributed by atoms with Crippen LogP contribution >= 0.6 is 0 Å². The van der Waals surface area contributed by atoms with Crippen LogP contribution in [0.1, 0.15) is 12.0 Å². The van der Waals surface area contributed by atoms with E-state index in [-0.39, 0.29) is 6.04 Å². The van der Waals surface area contributed by atoms with E-state index in [4.69, 9.17) is 10.5 Å². The fraction of sp³-hybridized carbons (Fsp3) is 0.375. The minimum Gasteiger partial charge on any atom is -0.497 e. The van der Waals surface area contributed by atoms with Crippen molar-refractivity contribution in [1.82, 2.24) is 9.97 Å². The van der Waals surface area contributed by atoms with E-state index >= 15 is 0 Å². The predicted molar refractivity (Wildman–Crippen MR) is 87.2 cm³/mol. The number of hydrogen-bond donors (Lipinski definition) is 2. The highest BCUT2D eigenvalue weighted by atomic mass is 16.5. The van der Waals surface area contributed by atoms with Crippen LogP contribution in [0.2, 0.25) is 0 Å². The summed E-state index contributed by atoms with van der Waals surface area (Å²) >= 11 is 0. The zero-order valence-corrected chi connectivity index (χ0v) is 12.7. The fourth-order valence-corrected chi connectivity index (χ4v) is 2.53. The lowest BCUT2D eigenvalue weighted by Crippen LogP contribution is -2.27. The molecule has 3 N–H and O–H groups in total. The summed E-state index contributed by atoms with van der Waals surface area (Å²) < 4.78 is 5.15. The quantitative estimate of drug-likeness (QED) is 0.874. The van der Waals surface area contributed by atoms with Crippen LogP contribution in [0.25, 0.3) is 0 Å². The van der Waals surface area contributed by atoms with E-state index in [1.165, 1.54) is 0 Å². The van der Waals surface area contributed by atoms with Gasteiger partial charge in [0, 0.05) is 31.9 Å². The van der Waals surface area contributed by atoms with Gasteiger partial charge in [0.2, 0.25) is 5.95 Å². The SMILES string of the molecule is COc1ccc(CNc2nccc(N3CC[C@@H](N)C3)n2)cc1. The summed E-state index contributed by atoms with van der Waals surface area (Å²) in [5, 5.41) is 3.25. The first kappa shape index (κ1) is 14.6. The van der Waals surface area contributed by atoms with Gasteiger partial charge in [0.05, 0.1) is 7.11 Å². The highest BCUT2D eigenvalue weighted by molar-refractivity contribution is 5.44. The van der Waals surface area contributed by atoms with Crippen LogP contribution in [0.15, 0.2) is 36.5 Å². The second-order valence-electron chi connectivity index (χ2n) is 5.43. The highest BCUT2D eigenvalue weighted by Crippen LogP contribution is 2.18. The van der Waals surface area contributed by atoms with Gasteiger partial charge in [-0.3, -0.25) is 0 Å². The van der Waals surface area contributed by atoms with Crippen molar-refractivity contribution in [2.45, 2.75) is 19.0 Å².